The summed E-state index contributed by atoms with van der Waals surface area (Å²) in [5.74, 6) is -0.221. The average molecular weight is 232 g/mol. The first kappa shape index (κ1) is 11.6. The molecule has 2 aromatic rings. The van der Waals surface area contributed by atoms with Crippen LogP contribution in [0.15, 0.2) is 30.6 Å². The molecule has 0 fully saturated rings. The van der Waals surface area contributed by atoms with Crippen molar-refractivity contribution in [3.63, 3.8) is 0 Å². The Hall–Kier alpha value is -1.84. The first-order valence-electron chi connectivity index (χ1n) is 5.67. The summed E-state index contributed by atoms with van der Waals surface area (Å²) in [5.41, 5.74) is 1.03. The minimum absolute atomic E-state index is 0.221. The van der Waals surface area contributed by atoms with Gasteiger partial charge in [0, 0.05) is 18.1 Å². The van der Waals surface area contributed by atoms with E-state index in [0.29, 0.717) is 6.61 Å². The summed E-state index contributed by atoms with van der Waals surface area (Å²) in [6, 6.07) is 5.73. The Morgan fingerprint density at radius 2 is 2.24 bits per heavy atom. The SMILES string of the molecule is CCOC(=O)C(C)(C)c1cccc2nccn12. The van der Waals surface area contributed by atoms with Gasteiger partial charge in [-0.05, 0) is 32.9 Å². The fourth-order valence-electron chi connectivity index (χ4n) is 1.87. The third-order valence-corrected chi connectivity index (χ3v) is 2.85. The lowest BCUT2D eigenvalue weighted by atomic mass is 9.88. The Kier molecular flexibility index (Phi) is 2.88. The number of pyridine rings is 1. The van der Waals surface area contributed by atoms with Crippen molar-refractivity contribution in [2.24, 2.45) is 0 Å². The molecule has 0 atom stereocenters. The molecule has 4 heteroatoms. The van der Waals surface area contributed by atoms with E-state index >= 15 is 0 Å². The number of hydrogen-bond acceptors (Lipinski definition) is 3. The molecule has 90 valence electrons. The number of carbonyl (C=O) groups is 1. The number of nitrogens with zero attached hydrogens (tertiary/aromatic N) is 2. The van der Waals surface area contributed by atoms with E-state index in [-0.39, 0.29) is 5.97 Å². The summed E-state index contributed by atoms with van der Waals surface area (Å²) in [4.78, 5) is 16.2. The van der Waals surface area contributed by atoms with Gasteiger partial charge in [0.05, 0.1) is 6.61 Å². The maximum absolute atomic E-state index is 12.0. The lowest BCUT2D eigenvalue weighted by molar-refractivity contribution is -0.149. The quantitative estimate of drug-likeness (QED) is 0.762. The number of carbonyl (C=O) groups excluding carboxylic acids is 1. The van der Waals surface area contributed by atoms with E-state index in [0.717, 1.165) is 11.3 Å². The van der Waals surface area contributed by atoms with Crippen LogP contribution in [-0.4, -0.2) is 22.0 Å². The number of rotatable bonds is 3. The summed E-state index contributed by atoms with van der Waals surface area (Å²) < 4.78 is 7.03. The van der Waals surface area contributed by atoms with E-state index < -0.39 is 5.41 Å². The highest BCUT2D eigenvalue weighted by Gasteiger charge is 2.33. The fraction of sp³-hybridized carbons (Fsp3) is 0.385. The molecular formula is C13H16N2O2. The molecule has 0 saturated heterocycles. The highest BCUT2D eigenvalue weighted by atomic mass is 16.5. The van der Waals surface area contributed by atoms with Crippen molar-refractivity contribution in [2.75, 3.05) is 6.61 Å². The molecule has 0 aliphatic heterocycles. The van der Waals surface area contributed by atoms with Crippen LogP contribution in [0.5, 0.6) is 0 Å². The molecule has 2 rings (SSSR count). The van der Waals surface area contributed by atoms with Gasteiger partial charge in [-0.3, -0.25) is 4.79 Å². The van der Waals surface area contributed by atoms with E-state index in [9.17, 15) is 4.79 Å². The van der Waals surface area contributed by atoms with Gasteiger partial charge in [-0.2, -0.15) is 0 Å². The normalized spacial score (nSPS) is 11.7. The van der Waals surface area contributed by atoms with Crippen LogP contribution < -0.4 is 0 Å². The minimum atomic E-state index is -0.684. The van der Waals surface area contributed by atoms with Gasteiger partial charge in [-0.15, -0.1) is 0 Å². The van der Waals surface area contributed by atoms with E-state index in [4.69, 9.17) is 4.74 Å². The van der Waals surface area contributed by atoms with E-state index in [1.807, 2.05) is 49.6 Å². The zero-order chi connectivity index (χ0) is 12.5. The van der Waals surface area contributed by atoms with Crippen LogP contribution in [0.4, 0.5) is 0 Å². The van der Waals surface area contributed by atoms with Gasteiger partial charge in [0.2, 0.25) is 0 Å². The van der Waals surface area contributed by atoms with Gasteiger partial charge in [-0.1, -0.05) is 6.07 Å². The molecule has 0 radical (unpaired) electrons. The van der Waals surface area contributed by atoms with Crippen molar-refractivity contribution in [3.05, 3.63) is 36.3 Å². The van der Waals surface area contributed by atoms with Crippen LogP contribution in [0.3, 0.4) is 0 Å². The molecule has 0 amide bonds. The van der Waals surface area contributed by atoms with E-state index in [1.54, 1.807) is 6.20 Å². The van der Waals surface area contributed by atoms with Gasteiger partial charge < -0.3 is 9.14 Å². The zero-order valence-electron chi connectivity index (χ0n) is 10.3. The second kappa shape index (κ2) is 4.20. The number of fused-ring (bicyclic) bond motifs is 1. The van der Waals surface area contributed by atoms with Gasteiger partial charge in [0.25, 0.3) is 0 Å². The molecule has 2 aromatic heterocycles. The van der Waals surface area contributed by atoms with Crippen LogP contribution in [-0.2, 0) is 14.9 Å². The summed E-state index contributed by atoms with van der Waals surface area (Å²) in [5, 5.41) is 0. The summed E-state index contributed by atoms with van der Waals surface area (Å²) in [6.45, 7) is 5.92. The number of imidazole rings is 1. The molecular weight excluding hydrogens is 216 g/mol. The van der Waals surface area contributed by atoms with Gasteiger partial charge in [0.1, 0.15) is 11.1 Å². The third kappa shape index (κ3) is 1.90. The second-order valence-electron chi connectivity index (χ2n) is 4.41. The predicted octanol–water partition coefficient (Wildman–Crippen LogP) is 2.17. The lowest BCUT2D eigenvalue weighted by Crippen LogP contribution is -2.33. The number of ether oxygens (including phenoxy) is 1. The molecule has 4 nitrogen and oxygen atoms in total. The molecule has 0 aliphatic rings. The molecule has 2 heterocycles. The highest BCUT2D eigenvalue weighted by Crippen LogP contribution is 2.25. The maximum atomic E-state index is 12.0. The van der Waals surface area contributed by atoms with Crippen LogP contribution in [0.25, 0.3) is 5.65 Å². The standard InChI is InChI=1S/C13H16N2O2/c1-4-17-12(16)13(2,3)10-6-5-7-11-14-8-9-15(10)11/h5-9H,4H2,1-3H3. The Morgan fingerprint density at radius 3 is 2.94 bits per heavy atom. The molecule has 0 spiro atoms. The highest BCUT2D eigenvalue weighted by molar-refractivity contribution is 5.81. The first-order chi connectivity index (χ1) is 8.07. The van der Waals surface area contributed by atoms with Crippen molar-refractivity contribution in [1.82, 2.24) is 9.38 Å². The number of aromatic nitrogens is 2. The third-order valence-electron chi connectivity index (χ3n) is 2.85. The van der Waals surface area contributed by atoms with Gasteiger partial charge >= 0.3 is 5.97 Å². The van der Waals surface area contributed by atoms with E-state index in [1.165, 1.54) is 0 Å². The van der Waals surface area contributed by atoms with Crippen molar-refractivity contribution in [2.45, 2.75) is 26.2 Å². The lowest BCUT2D eigenvalue weighted by Gasteiger charge is -2.23. The minimum Gasteiger partial charge on any atom is -0.465 e. The van der Waals surface area contributed by atoms with Crippen molar-refractivity contribution in [3.8, 4) is 0 Å². The fourth-order valence-corrected chi connectivity index (χ4v) is 1.87. The monoisotopic (exact) mass is 232 g/mol. The Morgan fingerprint density at radius 1 is 1.47 bits per heavy atom. The van der Waals surface area contributed by atoms with Crippen molar-refractivity contribution < 1.29 is 9.53 Å². The van der Waals surface area contributed by atoms with Crippen LogP contribution >= 0.6 is 0 Å². The summed E-state index contributed by atoms with van der Waals surface area (Å²) >= 11 is 0. The zero-order valence-corrected chi connectivity index (χ0v) is 10.3. The van der Waals surface area contributed by atoms with Crippen molar-refractivity contribution >= 4 is 11.6 Å². The second-order valence-corrected chi connectivity index (χ2v) is 4.41. The molecule has 0 aromatic carbocycles. The summed E-state index contributed by atoms with van der Waals surface area (Å²) in [6.07, 6.45) is 3.58. The van der Waals surface area contributed by atoms with Crippen molar-refractivity contribution in [1.29, 1.82) is 0 Å². The maximum Gasteiger partial charge on any atom is 0.317 e. The van der Waals surface area contributed by atoms with Gasteiger partial charge in [0.15, 0.2) is 0 Å². The summed E-state index contributed by atoms with van der Waals surface area (Å²) in [7, 11) is 0. The smallest absolute Gasteiger partial charge is 0.317 e. The molecule has 0 unspecified atom stereocenters. The molecule has 17 heavy (non-hydrogen) atoms. The van der Waals surface area contributed by atoms with Gasteiger partial charge in [-0.25, -0.2) is 4.98 Å². The predicted molar refractivity (Wildman–Crippen MR) is 64.9 cm³/mol. The Bertz CT molecular complexity index is 543. The average Bonchev–Trinajstić information content (AvgIpc) is 2.76. The molecule has 0 bridgehead atoms. The largest absolute Gasteiger partial charge is 0.465 e. The van der Waals surface area contributed by atoms with E-state index in [2.05, 4.69) is 4.98 Å². The molecule has 0 saturated carbocycles. The van der Waals surface area contributed by atoms with Crippen LogP contribution in [0.2, 0.25) is 0 Å². The molecule has 0 N–H and O–H groups in total. The Labute approximate surface area is 100 Å². The van der Waals surface area contributed by atoms with Crippen LogP contribution in [0, 0.1) is 0 Å². The topological polar surface area (TPSA) is 43.6 Å². The Balaban J connectivity index is 2.51. The number of esters is 1. The first-order valence-corrected chi connectivity index (χ1v) is 5.67. The van der Waals surface area contributed by atoms with Crippen LogP contribution in [0.1, 0.15) is 26.5 Å². The molecule has 0 aliphatic carbocycles. The number of hydrogen-bond donors (Lipinski definition) is 0.